The van der Waals surface area contributed by atoms with Crippen LogP contribution < -0.4 is 5.73 Å². The SMILES string of the molecule is CC(C)CC(=O)N1CCCC1C(N)=NO. The zero-order valence-corrected chi connectivity index (χ0v) is 9.31. The van der Waals surface area contributed by atoms with Crippen LogP contribution in [0.25, 0.3) is 0 Å². The fraction of sp³-hybridized carbons (Fsp3) is 0.800. The molecular formula is C10H19N3O2. The summed E-state index contributed by atoms with van der Waals surface area (Å²) in [5.41, 5.74) is 5.54. The summed E-state index contributed by atoms with van der Waals surface area (Å²) >= 11 is 0. The van der Waals surface area contributed by atoms with E-state index in [0.29, 0.717) is 18.9 Å². The third-order valence-corrected chi connectivity index (χ3v) is 2.61. The first kappa shape index (κ1) is 11.8. The molecule has 0 bridgehead atoms. The molecular weight excluding hydrogens is 194 g/mol. The van der Waals surface area contributed by atoms with Crippen LogP contribution >= 0.6 is 0 Å². The standard InChI is InChI=1S/C10H19N3O2/c1-7(2)6-9(14)13-5-3-4-8(13)10(11)12-15/h7-8,15H,3-6H2,1-2H3,(H2,11,12). The summed E-state index contributed by atoms with van der Waals surface area (Å²) in [6.45, 7) is 4.73. The Morgan fingerprint density at radius 2 is 2.33 bits per heavy atom. The number of carbonyl (C=O) groups is 1. The van der Waals surface area contributed by atoms with Gasteiger partial charge in [-0.2, -0.15) is 0 Å². The van der Waals surface area contributed by atoms with Crippen LogP contribution in [0.4, 0.5) is 0 Å². The van der Waals surface area contributed by atoms with E-state index >= 15 is 0 Å². The van der Waals surface area contributed by atoms with Gasteiger partial charge in [-0.1, -0.05) is 19.0 Å². The molecule has 86 valence electrons. The Labute approximate surface area is 89.9 Å². The van der Waals surface area contributed by atoms with Crippen molar-refractivity contribution in [2.45, 2.75) is 39.2 Å². The fourth-order valence-electron chi connectivity index (χ4n) is 1.91. The minimum absolute atomic E-state index is 0.0964. The van der Waals surface area contributed by atoms with E-state index in [-0.39, 0.29) is 17.8 Å². The minimum atomic E-state index is -0.207. The van der Waals surface area contributed by atoms with Crippen molar-refractivity contribution >= 4 is 11.7 Å². The molecule has 1 aliphatic heterocycles. The molecule has 1 atom stereocenters. The molecule has 0 aromatic rings. The number of hydrogen-bond donors (Lipinski definition) is 2. The van der Waals surface area contributed by atoms with Gasteiger partial charge in [-0.25, -0.2) is 0 Å². The highest BCUT2D eigenvalue weighted by molar-refractivity contribution is 5.90. The molecule has 1 unspecified atom stereocenters. The third kappa shape index (κ3) is 2.84. The molecule has 1 amide bonds. The number of carbonyl (C=O) groups excluding carboxylic acids is 1. The minimum Gasteiger partial charge on any atom is -0.409 e. The van der Waals surface area contributed by atoms with Crippen molar-refractivity contribution in [2.75, 3.05) is 6.54 Å². The van der Waals surface area contributed by atoms with Crippen LogP contribution in [0.3, 0.4) is 0 Å². The quantitative estimate of drug-likeness (QED) is 0.314. The molecule has 5 nitrogen and oxygen atoms in total. The van der Waals surface area contributed by atoms with Gasteiger partial charge in [0.05, 0.1) is 6.04 Å². The van der Waals surface area contributed by atoms with Gasteiger partial charge >= 0.3 is 0 Å². The number of amides is 1. The molecule has 0 aromatic carbocycles. The van der Waals surface area contributed by atoms with Crippen molar-refractivity contribution < 1.29 is 10.0 Å². The average Bonchev–Trinajstić information content (AvgIpc) is 2.63. The molecule has 0 aromatic heterocycles. The van der Waals surface area contributed by atoms with Crippen molar-refractivity contribution in [1.82, 2.24) is 4.90 Å². The maximum atomic E-state index is 11.8. The van der Waals surface area contributed by atoms with E-state index < -0.39 is 0 Å². The summed E-state index contributed by atoms with van der Waals surface area (Å²) in [6, 6.07) is -0.207. The highest BCUT2D eigenvalue weighted by Crippen LogP contribution is 2.19. The van der Waals surface area contributed by atoms with Crippen LogP contribution in [0.15, 0.2) is 5.16 Å². The van der Waals surface area contributed by atoms with E-state index in [1.807, 2.05) is 13.8 Å². The monoisotopic (exact) mass is 213 g/mol. The Hall–Kier alpha value is -1.26. The molecule has 3 N–H and O–H groups in total. The van der Waals surface area contributed by atoms with Crippen molar-refractivity contribution in [2.24, 2.45) is 16.8 Å². The zero-order chi connectivity index (χ0) is 11.4. The van der Waals surface area contributed by atoms with Crippen LogP contribution in [0, 0.1) is 5.92 Å². The third-order valence-electron chi connectivity index (χ3n) is 2.61. The highest BCUT2D eigenvalue weighted by atomic mass is 16.4. The van der Waals surface area contributed by atoms with Crippen molar-refractivity contribution in [3.63, 3.8) is 0 Å². The molecule has 1 rings (SSSR count). The van der Waals surface area contributed by atoms with Gasteiger partial charge in [-0.15, -0.1) is 0 Å². The Bertz CT molecular complexity index is 263. The van der Waals surface area contributed by atoms with Crippen molar-refractivity contribution in [3.05, 3.63) is 0 Å². The average molecular weight is 213 g/mol. The van der Waals surface area contributed by atoms with Gasteiger partial charge in [0, 0.05) is 13.0 Å². The molecule has 1 aliphatic rings. The topological polar surface area (TPSA) is 78.9 Å². The smallest absolute Gasteiger partial charge is 0.223 e. The fourth-order valence-corrected chi connectivity index (χ4v) is 1.91. The summed E-state index contributed by atoms with van der Waals surface area (Å²) < 4.78 is 0. The predicted molar refractivity (Wildman–Crippen MR) is 57.6 cm³/mol. The molecule has 0 aliphatic carbocycles. The summed E-state index contributed by atoms with van der Waals surface area (Å²) in [6.07, 6.45) is 2.24. The maximum absolute atomic E-state index is 11.8. The van der Waals surface area contributed by atoms with E-state index in [1.54, 1.807) is 4.90 Å². The molecule has 1 saturated heterocycles. The summed E-state index contributed by atoms with van der Waals surface area (Å²) in [7, 11) is 0. The van der Waals surface area contributed by atoms with Crippen LogP contribution in [0.2, 0.25) is 0 Å². The highest BCUT2D eigenvalue weighted by Gasteiger charge is 2.31. The summed E-state index contributed by atoms with van der Waals surface area (Å²) in [4.78, 5) is 13.5. The summed E-state index contributed by atoms with van der Waals surface area (Å²) in [5, 5.41) is 11.6. The largest absolute Gasteiger partial charge is 0.409 e. The number of nitrogens with two attached hydrogens (primary N) is 1. The van der Waals surface area contributed by atoms with E-state index in [0.717, 1.165) is 12.8 Å². The van der Waals surface area contributed by atoms with Crippen LogP contribution in [-0.4, -0.2) is 34.4 Å². The van der Waals surface area contributed by atoms with Gasteiger partial charge in [0.15, 0.2) is 5.84 Å². The molecule has 0 spiro atoms. The molecule has 15 heavy (non-hydrogen) atoms. The van der Waals surface area contributed by atoms with Gasteiger partial charge in [0.1, 0.15) is 0 Å². The van der Waals surface area contributed by atoms with E-state index in [1.165, 1.54) is 0 Å². The summed E-state index contributed by atoms with van der Waals surface area (Å²) in [5.74, 6) is 0.578. The Morgan fingerprint density at radius 3 is 2.87 bits per heavy atom. The van der Waals surface area contributed by atoms with E-state index in [9.17, 15) is 4.79 Å². The van der Waals surface area contributed by atoms with Crippen LogP contribution in [0.1, 0.15) is 33.1 Å². The van der Waals surface area contributed by atoms with Gasteiger partial charge in [-0.3, -0.25) is 4.79 Å². The number of nitrogens with zero attached hydrogens (tertiary/aromatic N) is 2. The van der Waals surface area contributed by atoms with Gasteiger partial charge in [-0.05, 0) is 18.8 Å². The first-order valence-electron chi connectivity index (χ1n) is 5.33. The van der Waals surface area contributed by atoms with Crippen molar-refractivity contribution in [1.29, 1.82) is 0 Å². The van der Waals surface area contributed by atoms with E-state index in [2.05, 4.69) is 5.16 Å². The molecule has 0 radical (unpaired) electrons. The molecule has 1 fully saturated rings. The van der Waals surface area contributed by atoms with Crippen LogP contribution in [0.5, 0.6) is 0 Å². The Balaban J connectivity index is 2.64. The number of amidine groups is 1. The lowest BCUT2D eigenvalue weighted by molar-refractivity contribution is -0.131. The molecule has 1 heterocycles. The number of likely N-dealkylation sites (tertiary alicyclic amines) is 1. The van der Waals surface area contributed by atoms with Gasteiger partial charge in [0.25, 0.3) is 0 Å². The van der Waals surface area contributed by atoms with E-state index in [4.69, 9.17) is 10.9 Å². The lowest BCUT2D eigenvalue weighted by Gasteiger charge is -2.24. The second-order valence-electron chi connectivity index (χ2n) is 4.37. The zero-order valence-electron chi connectivity index (χ0n) is 9.31. The normalized spacial score (nSPS) is 22.5. The second kappa shape index (κ2) is 5.00. The molecule has 0 saturated carbocycles. The van der Waals surface area contributed by atoms with Gasteiger partial charge < -0.3 is 15.8 Å². The molecule has 5 heteroatoms. The predicted octanol–water partition coefficient (Wildman–Crippen LogP) is 0.770. The number of hydrogen-bond acceptors (Lipinski definition) is 3. The second-order valence-corrected chi connectivity index (χ2v) is 4.37. The maximum Gasteiger partial charge on any atom is 0.223 e. The first-order valence-corrected chi connectivity index (χ1v) is 5.33. The van der Waals surface area contributed by atoms with Crippen LogP contribution in [-0.2, 0) is 4.79 Å². The lowest BCUT2D eigenvalue weighted by atomic mass is 10.1. The Kier molecular flexibility index (Phi) is 3.94. The van der Waals surface area contributed by atoms with Crippen molar-refractivity contribution in [3.8, 4) is 0 Å². The van der Waals surface area contributed by atoms with Gasteiger partial charge in [0.2, 0.25) is 5.91 Å². The number of rotatable bonds is 3. The number of oxime groups is 1. The Morgan fingerprint density at radius 1 is 1.67 bits per heavy atom. The first-order chi connectivity index (χ1) is 7.06. The lowest BCUT2D eigenvalue weighted by Crippen LogP contribution is -2.44.